The summed E-state index contributed by atoms with van der Waals surface area (Å²) in [4.78, 5) is 11.7. The van der Waals surface area contributed by atoms with Gasteiger partial charge in [0.1, 0.15) is 5.75 Å². The summed E-state index contributed by atoms with van der Waals surface area (Å²) in [5, 5.41) is 15.1. The van der Waals surface area contributed by atoms with Crippen LogP contribution >= 0.6 is 0 Å². The van der Waals surface area contributed by atoms with Gasteiger partial charge in [-0.2, -0.15) is 0 Å². The maximum Gasteiger partial charge on any atom is 0.224 e. The van der Waals surface area contributed by atoms with E-state index in [0.29, 0.717) is 13.1 Å². The summed E-state index contributed by atoms with van der Waals surface area (Å²) in [5.41, 5.74) is 0.979. The van der Waals surface area contributed by atoms with Gasteiger partial charge in [-0.25, -0.2) is 0 Å². The van der Waals surface area contributed by atoms with Crippen LogP contribution in [-0.4, -0.2) is 24.1 Å². The number of phenols is 1. The Morgan fingerprint density at radius 2 is 2.00 bits per heavy atom. The van der Waals surface area contributed by atoms with Gasteiger partial charge in [0.05, 0.1) is 0 Å². The predicted molar refractivity (Wildman–Crippen MR) is 67.7 cm³/mol. The Labute approximate surface area is 102 Å². The average molecular weight is 236 g/mol. The third-order valence-corrected chi connectivity index (χ3v) is 2.55. The molecule has 0 saturated carbocycles. The molecule has 3 N–H and O–H groups in total. The lowest BCUT2D eigenvalue weighted by atomic mass is 10.1. The maximum absolute atomic E-state index is 11.7. The molecule has 0 fully saturated rings. The molecule has 0 radical (unpaired) electrons. The molecule has 0 saturated heterocycles. The number of benzene rings is 1. The van der Waals surface area contributed by atoms with E-state index in [1.807, 2.05) is 13.8 Å². The van der Waals surface area contributed by atoms with E-state index in [4.69, 9.17) is 5.11 Å². The van der Waals surface area contributed by atoms with Crippen LogP contribution in [0.5, 0.6) is 5.75 Å². The lowest BCUT2D eigenvalue weighted by molar-refractivity contribution is -0.124. The highest BCUT2D eigenvalue weighted by molar-refractivity contribution is 5.78. The van der Waals surface area contributed by atoms with Crippen molar-refractivity contribution in [2.45, 2.75) is 20.4 Å². The Balaban J connectivity index is 2.34. The number of rotatable bonds is 6. The van der Waals surface area contributed by atoms with Crippen LogP contribution in [0.4, 0.5) is 0 Å². The summed E-state index contributed by atoms with van der Waals surface area (Å²) in [6.07, 6.45) is 0. The number of hydrogen-bond donors (Lipinski definition) is 3. The van der Waals surface area contributed by atoms with Crippen molar-refractivity contribution in [1.29, 1.82) is 0 Å². The Kier molecular flexibility index (Phi) is 5.49. The molecule has 1 aromatic carbocycles. The fraction of sp³-hybridized carbons (Fsp3) is 0.462. The van der Waals surface area contributed by atoms with Crippen LogP contribution in [0, 0.1) is 5.92 Å². The molecule has 0 spiro atoms. The van der Waals surface area contributed by atoms with Gasteiger partial charge < -0.3 is 15.7 Å². The van der Waals surface area contributed by atoms with Gasteiger partial charge in [0.2, 0.25) is 5.91 Å². The molecule has 1 rings (SSSR count). The number of amides is 1. The van der Waals surface area contributed by atoms with Gasteiger partial charge in [-0.15, -0.1) is 0 Å². The Morgan fingerprint density at radius 3 is 2.59 bits per heavy atom. The first-order valence-corrected chi connectivity index (χ1v) is 5.89. The number of phenolic OH excluding ortho intramolecular Hbond substituents is 1. The van der Waals surface area contributed by atoms with Crippen molar-refractivity contribution >= 4 is 5.91 Å². The maximum atomic E-state index is 11.7. The molecule has 0 aromatic heterocycles. The highest BCUT2D eigenvalue weighted by Crippen LogP contribution is 2.09. The highest BCUT2D eigenvalue weighted by atomic mass is 16.3. The minimum Gasteiger partial charge on any atom is -0.508 e. The summed E-state index contributed by atoms with van der Waals surface area (Å²) < 4.78 is 0. The van der Waals surface area contributed by atoms with Crippen LogP contribution in [0.15, 0.2) is 24.3 Å². The molecule has 0 aliphatic carbocycles. The van der Waals surface area contributed by atoms with Crippen LogP contribution in [0.2, 0.25) is 0 Å². The number of nitrogens with one attached hydrogen (secondary N) is 2. The van der Waals surface area contributed by atoms with Gasteiger partial charge in [0.25, 0.3) is 0 Å². The highest BCUT2D eigenvalue weighted by Gasteiger charge is 2.11. The number of hydrogen-bond acceptors (Lipinski definition) is 3. The summed E-state index contributed by atoms with van der Waals surface area (Å²) in [7, 11) is 0. The van der Waals surface area contributed by atoms with E-state index in [9.17, 15) is 4.79 Å². The molecular formula is C13H20N2O2. The van der Waals surface area contributed by atoms with Gasteiger partial charge in [-0.05, 0) is 24.2 Å². The van der Waals surface area contributed by atoms with Crippen molar-refractivity contribution < 1.29 is 9.90 Å². The Morgan fingerprint density at radius 1 is 1.35 bits per heavy atom. The second kappa shape index (κ2) is 6.91. The zero-order valence-electron chi connectivity index (χ0n) is 10.4. The van der Waals surface area contributed by atoms with E-state index < -0.39 is 0 Å². The predicted octanol–water partition coefficient (Wildman–Crippen LogP) is 1.25. The average Bonchev–Trinajstić information content (AvgIpc) is 2.34. The first-order valence-electron chi connectivity index (χ1n) is 5.89. The molecule has 17 heavy (non-hydrogen) atoms. The molecule has 4 nitrogen and oxygen atoms in total. The van der Waals surface area contributed by atoms with Crippen LogP contribution in [-0.2, 0) is 11.3 Å². The SMILES string of the molecule is CCNCC(C)C(=O)NCc1ccc(O)cc1. The van der Waals surface area contributed by atoms with Crippen molar-refractivity contribution in [3.05, 3.63) is 29.8 Å². The molecule has 1 unspecified atom stereocenters. The zero-order chi connectivity index (χ0) is 12.7. The molecular weight excluding hydrogens is 216 g/mol. The standard InChI is InChI=1S/C13H20N2O2/c1-3-14-8-10(2)13(17)15-9-11-4-6-12(16)7-5-11/h4-7,10,14,16H,3,8-9H2,1-2H3,(H,15,17). The molecule has 0 bridgehead atoms. The van der Waals surface area contributed by atoms with Crippen molar-refractivity contribution in [2.75, 3.05) is 13.1 Å². The summed E-state index contributed by atoms with van der Waals surface area (Å²) >= 11 is 0. The van der Waals surface area contributed by atoms with Gasteiger partial charge in [-0.3, -0.25) is 4.79 Å². The smallest absolute Gasteiger partial charge is 0.224 e. The van der Waals surface area contributed by atoms with Crippen LogP contribution in [0.3, 0.4) is 0 Å². The molecule has 0 aliphatic rings. The monoisotopic (exact) mass is 236 g/mol. The second-order valence-corrected chi connectivity index (χ2v) is 4.09. The van der Waals surface area contributed by atoms with E-state index in [1.165, 1.54) is 0 Å². The summed E-state index contributed by atoms with van der Waals surface area (Å²) in [5.74, 6) is 0.242. The van der Waals surface area contributed by atoms with E-state index in [1.54, 1.807) is 24.3 Å². The second-order valence-electron chi connectivity index (χ2n) is 4.09. The lowest BCUT2D eigenvalue weighted by Gasteiger charge is -2.12. The topological polar surface area (TPSA) is 61.4 Å². The lowest BCUT2D eigenvalue weighted by Crippen LogP contribution is -2.34. The fourth-order valence-corrected chi connectivity index (χ4v) is 1.43. The van der Waals surface area contributed by atoms with Crippen molar-refractivity contribution in [3.63, 3.8) is 0 Å². The molecule has 4 heteroatoms. The van der Waals surface area contributed by atoms with Crippen molar-refractivity contribution in [1.82, 2.24) is 10.6 Å². The third-order valence-electron chi connectivity index (χ3n) is 2.55. The molecule has 0 heterocycles. The Bertz CT molecular complexity index is 349. The van der Waals surface area contributed by atoms with E-state index in [2.05, 4.69) is 10.6 Å². The Hall–Kier alpha value is -1.55. The minimum absolute atomic E-state index is 0.0351. The molecule has 94 valence electrons. The molecule has 1 atom stereocenters. The summed E-state index contributed by atoms with van der Waals surface area (Å²) in [6.45, 7) is 5.97. The zero-order valence-corrected chi connectivity index (χ0v) is 10.4. The number of aromatic hydroxyl groups is 1. The van der Waals surface area contributed by atoms with Crippen LogP contribution in [0.1, 0.15) is 19.4 Å². The van der Waals surface area contributed by atoms with Gasteiger partial charge in [0.15, 0.2) is 0 Å². The van der Waals surface area contributed by atoms with E-state index in [0.717, 1.165) is 12.1 Å². The van der Waals surface area contributed by atoms with Gasteiger partial charge >= 0.3 is 0 Å². The first-order chi connectivity index (χ1) is 8.13. The first kappa shape index (κ1) is 13.5. The van der Waals surface area contributed by atoms with E-state index in [-0.39, 0.29) is 17.6 Å². The van der Waals surface area contributed by atoms with Gasteiger partial charge in [0, 0.05) is 19.0 Å². The fourth-order valence-electron chi connectivity index (χ4n) is 1.43. The quantitative estimate of drug-likeness (QED) is 0.696. The minimum atomic E-state index is -0.0351. The molecule has 1 aromatic rings. The van der Waals surface area contributed by atoms with Crippen LogP contribution < -0.4 is 10.6 Å². The van der Waals surface area contributed by atoms with Gasteiger partial charge in [-0.1, -0.05) is 26.0 Å². The van der Waals surface area contributed by atoms with Crippen molar-refractivity contribution in [3.8, 4) is 5.75 Å². The van der Waals surface area contributed by atoms with Crippen molar-refractivity contribution in [2.24, 2.45) is 5.92 Å². The van der Waals surface area contributed by atoms with Crippen LogP contribution in [0.25, 0.3) is 0 Å². The number of carbonyl (C=O) groups is 1. The molecule has 1 amide bonds. The normalized spacial score (nSPS) is 12.1. The molecule has 0 aliphatic heterocycles. The third kappa shape index (κ3) is 4.87. The largest absolute Gasteiger partial charge is 0.508 e. The number of carbonyl (C=O) groups excluding carboxylic acids is 1. The summed E-state index contributed by atoms with van der Waals surface area (Å²) in [6, 6.07) is 6.82. The van der Waals surface area contributed by atoms with E-state index >= 15 is 0 Å².